The molecule has 1 N–H and O–H groups in total. The molecule has 78 valence electrons. The van der Waals surface area contributed by atoms with Crippen molar-refractivity contribution in [1.29, 1.82) is 0 Å². The first-order valence-electron chi connectivity index (χ1n) is 5.20. The zero-order valence-corrected chi connectivity index (χ0v) is 8.57. The smallest absolute Gasteiger partial charge is 0.202 e. The Morgan fingerprint density at radius 2 is 2.64 bits per heavy atom. The highest BCUT2D eigenvalue weighted by Crippen LogP contribution is 2.16. The summed E-state index contributed by atoms with van der Waals surface area (Å²) in [5.74, 6) is 0.933. The van der Waals surface area contributed by atoms with Gasteiger partial charge < -0.3 is 14.6 Å². The molecule has 0 amide bonds. The van der Waals surface area contributed by atoms with Crippen molar-refractivity contribution in [3.8, 4) is 0 Å². The SMILES string of the molecule is CNc1nccn1CCC1CCCO1. The van der Waals surface area contributed by atoms with E-state index in [-0.39, 0.29) is 0 Å². The van der Waals surface area contributed by atoms with Gasteiger partial charge in [-0.15, -0.1) is 0 Å². The molecule has 1 unspecified atom stereocenters. The van der Waals surface area contributed by atoms with Crippen LogP contribution in [0.1, 0.15) is 19.3 Å². The first kappa shape index (κ1) is 9.52. The maximum atomic E-state index is 5.57. The summed E-state index contributed by atoms with van der Waals surface area (Å²) in [5, 5.41) is 3.06. The second-order valence-corrected chi connectivity index (χ2v) is 3.62. The van der Waals surface area contributed by atoms with Crippen LogP contribution < -0.4 is 5.32 Å². The van der Waals surface area contributed by atoms with E-state index in [9.17, 15) is 0 Å². The second kappa shape index (κ2) is 4.46. The summed E-state index contributed by atoms with van der Waals surface area (Å²) in [6.45, 7) is 1.92. The molecule has 2 heterocycles. The molecule has 1 saturated heterocycles. The van der Waals surface area contributed by atoms with E-state index in [4.69, 9.17) is 4.74 Å². The van der Waals surface area contributed by atoms with Gasteiger partial charge >= 0.3 is 0 Å². The number of aromatic nitrogens is 2. The second-order valence-electron chi connectivity index (χ2n) is 3.62. The van der Waals surface area contributed by atoms with Crippen LogP contribution in [0.5, 0.6) is 0 Å². The predicted octanol–water partition coefficient (Wildman–Crippen LogP) is 1.49. The summed E-state index contributed by atoms with van der Waals surface area (Å²) in [7, 11) is 1.89. The molecule has 14 heavy (non-hydrogen) atoms. The minimum Gasteiger partial charge on any atom is -0.378 e. The molecule has 4 heteroatoms. The standard InChI is InChI=1S/C10H17N3O/c1-11-10-12-5-7-13(10)6-4-9-3-2-8-14-9/h5,7,9H,2-4,6,8H2,1H3,(H,11,12). The lowest BCUT2D eigenvalue weighted by atomic mass is 10.2. The van der Waals surface area contributed by atoms with Crippen molar-refractivity contribution < 1.29 is 4.74 Å². The number of aryl methyl sites for hydroxylation is 1. The predicted molar refractivity (Wildman–Crippen MR) is 55.4 cm³/mol. The molecular weight excluding hydrogens is 178 g/mol. The molecule has 0 radical (unpaired) electrons. The van der Waals surface area contributed by atoms with Gasteiger partial charge in [0, 0.05) is 32.6 Å². The molecule has 0 bridgehead atoms. The Kier molecular flexibility index (Phi) is 3.03. The van der Waals surface area contributed by atoms with E-state index < -0.39 is 0 Å². The zero-order valence-electron chi connectivity index (χ0n) is 8.57. The number of hydrogen-bond donors (Lipinski definition) is 1. The number of rotatable bonds is 4. The van der Waals surface area contributed by atoms with Crippen molar-refractivity contribution in [3.63, 3.8) is 0 Å². The summed E-state index contributed by atoms with van der Waals surface area (Å²) < 4.78 is 7.70. The van der Waals surface area contributed by atoms with Crippen molar-refractivity contribution in [2.75, 3.05) is 19.0 Å². The topological polar surface area (TPSA) is 39.1 Å². The molecule has 2 rings (SSSR count). The Bertz CT molecular complexity index is 279. The third-order valence-corrected chi connectivity index (χ3v) is 2.66. The van der Waals surface area contributed by atoms with Crippen LogP contribution in [0.4, 0.5) is 5.95 Å². The number of ether oxygens (including phenoxy) is 1. The summed E-state index contributed by atoms with van der Waals surface area (Å²) in [4.78, 5) is 4.19. The van der Waals surface area contributed by atoms with Crippen LogP contribution in [0, 0.1) is 0 Å². The molecular formula is C10H17N3O. The average Bonchev–Trinajstić information content (AvgIpc) is 2.85. The van der Waals surface area contributed by atoms with E-state index in [2.05, 4.69) is 14.9 Å². The highest BCUT2D eigenvalue weighted by Gasteiger charge is 2.15. The zero-order chi connectivity index (χ0) is 9.80. The van der Waals surface area contributed by atoms with Gasteiger partial charge in [-0.05, 0) is 19.3 Å². The fourth-order valence-electron chi connectivity index (χ4n) is 1.87. The fourth-order valence-corrected chi connectivity index (χ4v) is 1.87. The molecule has 0 aromatic carbocycles. The lowest BCUT2D eigenvalue weighted by molar-refractivity contribution is 0.100. The van der Waals surface area contributed by atoms with Gasteiger partial charge in [-0.3, -0.25) is 0 Å². The molecule has 1 aliphatic rings. The maximum absolute atomic E-state index is 5.57. The quantitative estimate of drug-likeness (QED) is 0.791. The highest BCUT2D eigenvalue weighted by atomic mass is 16.5. The Hall–Kier alpha value is -1.03. The maximum Gasteiger partial charge on any atom is 0.202 e. The van der Waals surface area contributed by atoms with Crippen molar-refractivity contribution in [2.24, 2.45) is 0 Å². The van der Waals surface area contributed by atoms with E-state index in [0.29, 0.717) is 6.10 Å². The van der Waals surface area contributed by atoms with Crippen LogP contribution >= 0.6 is 0 Å². The average molecular weight is 195 g/mol. The van der Waals surface area contributed by atoms with Gasteiger partial charge in [0.05, 0.1) is 6.10 Å². The van der Waals surface area contributed by atoms with Gasteiger partial charge in [-0.1, -0.05) is 0 Å². The number of nitrogens with zero attached hydrogens (tertiary/aromatic N) is 2. The van der Waals surface area contributed by atoms with Crippen molar-refractivity contribution in [3.05, 3.63) is 12.4 Å². The molecule has 0 aliphatic carbocycles. The lowest BCUT2D eigenvalue weighted by Crippen LogP contribution is -2.11. The molecule has 1 aromatic rings. The van der Waals surface area contributed by atoms with Gasteiger partial charge in [0.2, 0.25) is 5.95 Å². The van der Waals surface area contributed by atoms with Crippen LogP contribution in [0.2, 0.25) is 0 Å². The van der Waals surface area contributed by atoms with E-state index in [1.807, 2.05) is 19.4 Å². The van der Waals surface area contributed by atoms with Crippen LogP contribution in [0.25, 0.3) is 0 Å². The highest BCUT2D eigenvalue weighted by molar-refractivity contribution is 5.23. The minimum atomic E-state index is 0.460. The molecule has 1 atom stereocenters. The molecule has 1 aliphatic heterocycles. The fraction of sp³-hybridized carbons (Fsp3) is 0.700. The number of anilines is 1. The van der Waals surface area contributed by atoms with Gasteiger partial charge in [0.1, 0.15) is 0 Å². The number of imidazole rings is 1. The van der Waals surface area contributed by atoms with Crippen LogP contribution in [0.3, 0.4) is 0 Å². The Balaban J connectivity index is 1.84. The molecule has 0 saturated carbocycles. The summed E-state index contributed by atoms with van der Waals surface area (Å²) in [6.07, 6.45) is 7.80. The third-order valence-electron chi connectivity index (χ3n) is 2.66. The van der Waals surface area contributed by atoms with Crippen molar-refractivity contribution in [1.82, 2.24) is 9.55 Å². The van der Waals surface area contributed by atoms with E-state index >= 15 is 0 Å². The Labute approximate surface area is 84.3 Å². The molecule has 0 spiro atoms. The van der Waals surface area contributed by atoms with Crippen molar-refractivity contribution >= 4 is 5.95 Å². The summed E-state index contributed by atoms with van der Waals surface area (Å²) in [5.41, 5.74) is 0. The van der Waals surface area contributed by atoms with Gasteiger partial charge in [0.15, 0.2) is 0 Å². The van der Waals surface area contributed by atoms with Crippen LogP contribution in [0.15, 0.2) is 12.4 Å². The van der Waals surface area contributed by atoms with Crippen LogP contribution in [-0.2, 0) is 11.3 Å². The van der Waals surface area contributed by atoms with Gasteiger partial charge in [-0.25, -0.2) is 4.98 Å². The molecule has 4 nitrogen and oxygen atoms in total. The van der Waals surface area contributed by atoms with Gasteiger partial charge in [-0.2, -0.15) is 0 Å². The van der Waals surface area contributed by atoms with Crippen molar-refractivity contribution in [2.45, 2.75) is 31.9 Å². The van der Waals surface area contributed by atoms with E-state index in [1.54, 1.807) is 0 Å². The van der Waals surface area contributed by atoms with Gasteiger partial charge in [0.25, 0.3) is 0 Å². The first-order valence-corrected chi connectivity index (χ1v) is 5.20. The first-order chi connectivity index (χ1) is 6.90. The van der Waals surface area contributed by atoms with E-state index in [1.165, 1.54) is 12.8 Å². The third kappa shape index (κ3) is 2.07. The Morgan fingerprint density at radius 3 is 3.36 bits per heavy atom. The minimum absolute atomic E-state index is 0.460. The molecule has 1 aromatic heterocycles. The van der Waals surface area contributed by atoms with Crippen LogP contribution in [-0.4, -0.2) is 29.3 Å². The lowest BCUT2D eigenvalue weighted by Gasteiger charge is -2.11. The summed E-state index contributed by atoms with van der Waals surface area (Å²) in [6, 6.07) is 0. The Morgan fingerprint density at radius 1 is 1.71 bits per heavy atom. The normalized spacial score (nSPS) is 21.4. The largest absolute Gasteiger partial charge is 0.378 e. The summed E-state index contributed by atoms with van der Waals surface area (Å²) >= 11 is 0. The van der Waals surface area contributed by atoms with E-state index in [0.717, 1.165) is 25.5 Å². The number of nitrogens with one attached hydrogen (secondary N) is 1. The monoisotopic (exact) mass is 195 g/mol. The molecule has 1 fully saturated rings. The number of hydrogen-bond acceptors (Lipinski definition) is 3.